The first kappa shape index (κ1) is 14.5. The predicted octanol–water partition coefficient (Wildman–Crippen LogP) is 3.88. The quantitative estimate of drug-likeness (QED) is 0.907. The summed E-state index contributed by atoms with van der Waals surface area (Å²) in [5, 5.41) is 0. The highest BCUT2D eigenvalue weighted by Crippen LogP contribution is 2.37. The molecule has 2 nitrogen and oxygen atoms in total. The van der Waals surface area contributed by atoms with E-state index in [1.54, 1.807) is 0 Å². The van der Waals surface area contributed by atoms with Crippen LogP contribution in [-0.4, -0.2) is 24.0 Å². The molecule has 0 aliphatic carbocycles. The SMILES string of the molecule is CCC(N)C(c1ccc(Br)s1)N1CC(C)C(C)C1. The van der Waals surface area contributed by atoms with Gasteiger partial charge in [-0.2, -0.15) is 0 Å². The van der Waals surface area contributed by atoms with Crippen molar-refractivity contribution in [2.24, 2.45) is 17.6 Å². The van der Waals surface area contributed by atoms with Crippen molar-refractivity contribution in [1.82, 2.24) is 4.90 Å². The Morgan fingerprint density at radius 3 is 2.44 bits per heavy atom. The Hall–Kier alpha value is 0.1000. The predicted molar refractivity (Wildman–Crippen MR) is 82.9 cm³/mol. The van der Waals surface area contributed by atoms with Gasteiger partial charge >= 0.3 is 0 Å². The fourth-order valence-corrected chi connectivity index (χ4v) is 4.41. The van der Waals surface area contributed by atoms with E-state index in [1.807, 2.05) is 11.3 Å². The molecule has 4 unspecified atom stereocenters. The Labute approximate surface area is 123 Å². The lowest BCUT2D eigenvalue weighted by molar-refractivity contribution is 0.204. The van der Waals surface area contributed by atoms with Crippen molar-refractivity contribution in [1.29, 1.82) is 0 Å². The van der Waals surface area contributed by atoms with Crippen molar-refractivity contribution >= 4 is 27.3 Å². The van der Waals surface area contributed by atoms with Crippen LogP contribution < -0.4 is 5.73 Å². The van der Waals surface area contributed by atoms with Crippen LogP contribution in [0.15, 0.2) is 15.9 Å². The zero-order valence-electron chi connectivity index (χ0n) is 11.4. The molecule has 2 heterocycles. The average molecular weight is 331 g/mol. The summed E-state index contributed by atoms with van der Waals surface area (Å²) in [5.74, 6) is 1.56. The fourth-order valence-electron chi connectivity index (χ4n) is 2.77. The van der Waals surface area contributed by atoms with Gasteiger partial charge in [-0.25, -0.2) is 0 Å². The molecule has 2 N–H and O–H groups in total. The van der Waals surface area contributed by atoms with Crippen LogP contribution in [0.25, 0.3) is 0 Å². The summed E-state index contributed by atoms with van der Waals surface area (Å²) in [4.78, 5) is 3.99. The molecule has 0 radical (unpaired) electrons. The first-order valence-electron chi connectivity index (χ1n) is 6.77. The third kappa shape index (κ3) is 2.98. The van der Waals surface area contributed by atoms with Gasteiger partial charge in [-0.05, 0) is 46.3 Å². The van der Waals surface area contributed by atoms with Crippen LogP contribution in [-0.2, 0) is 0 Å². The van der Waals surface area contributed by atoms with Gasteiger partial charge in [-0.3, -0.25) is 4.90 Å². The van der Waals surface area contributed by atoms with Crippen LogP contribution in [0.1, 0.15) is 38.1 Å². The maximum absolute atomic E-state index is 6.38. The molecule has 18 heavy (non-hydrogen) atoms. The molecule has 4 atom stereocenters. The smallest absolute Gasteiger partial charge is 0.0702 e. The number of hydrogen-bond acceptors (Lipinski definition) is 3. The van der Waals surface area contributed by atoms with Crippen molar-refractivity contribution < 1.29 is 0 Å². The van der Waals surface area contributed by atoms with Crippen LogP contribution in [0.2, 0.25) is 0 Å². The molecule has 4 heteroatoms. The van der Waals surface area contributed by atoms with Gasteiger partial charge in [0.2, 0.25) is 0 Å². The lowest BCUT2D eigenvalue weighted by Gasteiger charge is -2.31. The summed E-state index contributed by atoms with van der Waals surface area (Å²) in [6.45, 7) is 9.24. The summed E-state index contributed by atoms with van der Waals surface area (Å²) >= 11 is 5.39. The summed E-state index contributed by atoms with van der Waals surface area (Å²) in [7, 11) is 0. The van der Waals surface area contributed by atoms with Gasteiger partial charge in [0.1, 0.15) is 0 Å². The molecule has 1 saturated heterocycles. The number of hydrogen-bond donors (Lipinski definition) is 1. The van der Waals surface area contributed by atoms with E-state index in [4.69, 9.17) is 5.73 Å². The van der Waals surface area contributed by atoms with Crippen LogP contribution in [0.3, 0.4) is 0 Å². The normalized spacial score (nSPS) is 28.5. The van der Waals surface area contributed by atoms with Gasteiger partial charge in [0.15, 0.2) is 0 Å². The second kappa shape index (κ2) is 6.04. The van der Waals surface area contributed by atoms with Gasteiger partial charge < -0.3 is 5.73 Å². The molecule has 1 aromatic heterocycles. The van der Waals surface area contributed by atoms with Gasteiger partial charge in [0.25, 0.3) is 0 Å². The fraction of sp³-hybridized carbons (Fsp3) is 0.714. The van der Waals surface area contributed by atoms with E-state index in [-0.39, 0.29) is 6.04 Å². The second-order valence-corrected chi connectivity index (χ2v) is 8.06. The first-order chi connectivity index (χ1) is 8.52. The van der Waals surface area contributed by atoms with Crippen molar-refractivity contribution in [3.8, 4) is 0 Å². The van der Waals surface area contributed by atoms with Crippen molar-refractivity contribution in [3.63, 3.8) is 0 Å². The molecule has 0 saturated carbocycles. The van der Waals surface area contributed by atoms with Gasteiger partial charge in [0, 0.05) is 24.0 Å². The lowest BCUT2D eigenvalue weighted by atomic mass is 10.0. The maximum Gasteiger partial charge on any atom is 0.0702 e. The van der Waals surface area contributed by atoms with E-state index in [1.165, 1.54) is 21.8 Å². The Balaban J connectivity index is 2.21. The monoisotopic (exact) mass is 330 g/mol. The van der Waals surface area contributed by atoms with Crippen molar-refractivity contribution in [2.75, 3.05) is 13.1 Å². The molecule has 0 amide bonds. The first-order valence-corrected chi connectivity index (χ1v) is 8.38. The van der Waals surface area contributed by atoms with E-state index in [0.717, 1.165) is 18.3 Å². The molecule has 0 spiro atoms. The zero-order valence-corrected chi connectivity index (χ0v) is 13.8. The number of nitrogens with two attached hydrogens (primary N) is 1. The van der Waals surface area contributed by atoms with Gasteiger partial charge in [-0.15, -0.1) is 11.3 Å². The van der Waals surface area contributed by atoms with E-state index < -0.39 is 0 Å². The minimum Gasteiger partial charge on any atom is -0.326 e. The number of halogens is 1. The summed E-state index contributed by atoms with van der Waals surface area (Å²) < 4.78 is 1.20. The summed E-state index contributed by atoms with van der Waals surface area (Å²) in [6, 6.07) is 4.98. The molecule has 2 rings (SSSR count). The van der Waals surface area contributed by atoms with Crippen LogP contribution in [0.4, 0.5) is 0 Å². The highest BCUT2D eigenvalue weighted by Gasteiger charge is 2.34. The van der Waals surface area contributed by atoms with E-state index in [9.17, 15) is 0 Å². The molecule has 1 aliphatic rings. The molecule has 1 aromatic rings. The molecular formula is C14H23BrN2S. The van der Waals surface area contributed by atoms with E-state index >= 15 is 0 Å². The third-order valence-corrected chi connectivity index (χ3v) is 5.87. The number of nitrogens with zero attached hydrogens (tertiary/aromatic N) is 1. The third-order valence-electron chi connectivity index (χ3n) is 4.17. The van der Waals surface area contributed by atoms with Crippen molar-refractivity contribution in [3.05, 3.63) is 20.8 Å². The Bertz CT molecular complexity index is 383. The lowest BCUT2D eigenvalue weighted by Crippen LogP contribution is -2.39. The highest BCUT2D eigenvalue weighted by atomic mass is 79.9. The molecule has 0 bridgehead atoms. The Kier molecular flexibility index (Phi) is 4.86. The van der Waals surface area contributed by atoms with Gasteiger partial charge in [0.05, 0.1) is 9.83 Å². The van der Waals surface area contributed by atoms with Crippen LogP contribution in [0, 0.1) is 11.8 Å². The highest BCUT2D eigenvalue weighted by molar-refractivity contribution is 9.11. The molecular weight excluding hydrogens is 308 g/mol. The summed E-state index contributed by atoms with van der Waals surface area (Å²) in [5.41, 5.74) is 6.38. The Morgan fingerprint density at radius 2 is 2.00 bits per heavy atom. The van der Waals surface area contributed by atoms with E-state index in [0.29, 0.717) is 6.04 Å². The topological polar surface area (TPSA) is 29.3 Å². The minimum atomic E-state index is 0.230. The Morgan fingerprint density at radius 1 is 1.39 bits per heavy atom. The standard InChI is InChI=1S/C14H23BrN2S/c1-4-11(16)14(12-5-6-13(15)18-12)17-7-9(2)10(3)8-17/h5-6,9-11,14H,4,7-8,16H2,1-3H3. The number of rotatable bonds is 4. The van der Waals surface area contributed by atoms with Gasteiger partial charge in [-0.1, -0.05) is 20.8 Å². The average Bonchev–Trinajstić information content (AvgIpc) is 2.87. The van der Waals surface area contributed by atoms with Crippen molar-refractivity contribution in [2.45, 2.75) is 39.3 Å². The van der Waals surface area contributed by atoms with E-state index in [2.05, 4.69) is 53.7 Å². The minimum absolute atomic E-state index is 0.230. The number of thiophene rings is 1. The molecule has 1 aliphatic heterocycles. The zero-order chi connectivity index (χ0) is 13.3. The van der Waals surface area contributed by atoms with Crippen LogP contribution in [0.5, 0.6) is 0 Å². The molecule has 0 aromatic carbocycles. The second-order valence-electron chi connectivity index (χ2n) is 5.57. The molecule has 102 valence electrons. The molecule has 1 fully saturated rings. The summed E-state index contributed by atoms with van der Waals surface area (Å²) in [6.07, 6.45) is 1.03. The number of likely N-dealkylation sites (tertiary alicyclic amines) is 1. The maximum atomic E-state index is 6.38. The van der Waals surface area contributed by atoms with Crippen LogP contribution >= 0.6 is 27.3 Å². The largest absolute Gasteiger partial charge is 0.326 e.